The van der Waals surface area contributed by atoms with Crippen LogP contribution < -0.4 is 14.4 Å². The molecule has 0 fully saturated rings. The molecule has 1 atom stereocenters. The molecule has 0 spiro atoms. The summed E-state index contributed by atoms with van der Waals surface area (Å²) >= 11 is 12.3. The van der Waals surface area contributed by atoms with E-state index < -0.39 is 16.1 Å². The van der Waals surface area contributed by atoms with Crippen molar-refractivity contribution in [3.63, 3.8) is 0 Å². The van der Waals surface area contributed by atoms with Crippen molar-refractivity contribution in [1.29, 1.82) is 0 Å². The molecule has 0 saturated heterocycles. The standard InChI is InChI=1S/C26H35Cl2N3O5S/c1-5-15-29-26(33)23(6-2)30(18-19-9-12-21(36-3)13-10-19)25(32)8-7-16-31(37(4,34)35)24-17-20(27)11-14-22(24)28/h9-14,17,23H,5-8,15-16,18H2,1-4H3,(H,29,33). The van der Waals surface area contributed by atoms with E-state index in [1.165, 1.54) is 12.1 Å². The van der Waals surface area contributed by atoms with Gasteiger partial charge in [0.05, 0.1) is 24.1 Å². The summed E-state index contributed by atoms with van der Waals surface area (Å²) in [4.78, 5) is 27.9. The van der Waals surface area contributed by atoms with Crippen LogP contribution in [0.2, 0.25) is 10.0 Å². The van der Waals surface area contributed by atoms with Gasteiger partial charge in [-0.3, -0.25) is 13.9 Å². The highest BCUT2D eigenvalue weighted by Crippen LogP contribution is 2.31. The molecular formula is C26H35Cl2N3O5S. The second kappa shape index (κ2) is 14.4. The summed E-state index contributed by atoms with van der Waals surface area (Å²) in [5, 5.41) is 3.47. The van der Waals surface area contributed by atoms with Crippen LogP contribution in [0.25, 0.3) is 0 Å². The van der Waals surface area contributed by atoms with Crippen LogP contribution in [-0.4, -0.2) is 57.6 Å². The topological polar surface area (TPSA) is 96.0 Å². The fourth-order valence-electron chi connectivity index (χ4n) is 3.87. The second-order valence-electron chi connectivity index (χ2n) is 8.62. The molecule has 0 heterocycles. The van der Waals surface area contributed by atoms with Crippen molar-refractivity contribution in [3.8, 4) is 5.75 Å². The van der Waals surface area contributed by atoms with E-state index in [2.05, 4.69) is 5.32 Å². The minimum atomic E-state index is -3.69. The lowest BCUT2D eigenvalue weighted by atomic mass is 10.1. The SMILES string of the molecule is CCCNC(=O)C(CC)N(Cc1ccc(OC)cc1)C(=O)CCCN(c1cc(Cl)ccc1Cl)S(C)(=O)=O. The molecule has 2 aromatic rings. The Bertz CT molecular complexity index is 1160. The molecule has 0 radical (unpaired) electrons. The third kappa shape index (κ3) is 9.09. The Morgan fingerprint density at radius 2 is 1.76 bits per heavy atom. The Labute approximate surface area is 229 Å². The first-order valence-electron chi connectivity index (χ1n) is 12.1. The molecule has 37 heavy (non-hydrogen) atoms. The zero-order valence-electron chi connectivity index (χ0n) is 21.7. The maximum atomic E-state index is 13.4. The van der Waals surface area contributed by atoms with Gasteiger partial charge in [0.2, 0.25) is 21.8 Å². The summed E-state index contributed by atoms with van der Waals surface area (Å²) in [5.74, 6) is 0.226. The number of ether oxygens (including phenoxy) is 1. The zero-order chi connectivity index (χ0) is 27.6. The number of anilines is 1. The fraction of sp³-hybridized carbons (Fsp3) is 0.462. The van der Waals surface area contributed by atoms with Crippen LogP contribution in [0.5, 0.6) is 5.75 Å². The highest BCUT2D eigenvalue weighted by molar-refractivity contribution is 7.92. The Hall–Kier alpha value is -2.49. The molecule has 0 bridgehead atoms. The number of nitrogens with one attached hydrogen (secondary N) is 1. The highest BCUT2D eigenvalue weighted by atomic mass is 35.5. The van der Waals surface area contributed by atoms with Gasteiger partial charge in [-0.05, 0) is 55.2 Å². The van der Waals surface area contributed by atoms with Crippen molar-refractivity contribution >= 4 is 50.7 Å². The number of amides is 2. The number of rotatable bonds is 14. The Morgan fingerprint density at radius 3 is 2.32 bits per heavy atom. The first kappa shape index (κ1) is 30.7. The van der Waals surface area contributed by atoms with Crippen LogP contribution in [-0.2, 0) is 26.2 Å². The molecule has 2 rings (SSSR count). The van der Waals surface area contributed by atoms with Gasteiger partial charge < -0.3 is 15.0 Å². The number of nitrogens with zero attached hydrogens (tertiary/aromatic N) is 2. The summed E-state index contributed by atoms with van der Waals surface area (Å²) in [7, 11) is -2.11. The summed E-state index contributed by atoms with van der Waals surface area (Å²) in [5.41, 5.74) is 1.10. The lowest BCUT2D eigenvalue weighted by molar-refractivity contribution is -0.141. The van der Waals surface area contributed by atoms with E-state index in [0.717, 1.165) is 22.5 Å². The summed E-state index contributed by atoms with van der Waals surface area (Å²) in [6.07, 6.45) is 2.55. The van der Waals surface area contributed by atoms with Crippen LogP contribution in [0, 0.1) is 0 Å². The minimum Gasteiger partial charge on any atom is -0.497 e. The Balaban J connectivity index is 2.24. The predicted molar refractivity (Wildman–Crippen MR) is 149 cm³/mol. The number of methoxy groups -OCH3 is 1. The molecule has 204 valence electrons. The van der Waals surface area contributed by atoms with Crippen molar-refractivity contribution in [1.82, 2.24) is 10.2 Å². The van der Waals surface area contributed by atoms with Gasteiger partial charge in [-0.25, -0.2) is 8.42 Å². The van der Waals surface area contributed by atoms with Crippen LogP contribution in [0.15, 0.2) is 42.5 Å². The van der Waals surface area contributed by atoms with Gasteiger partial charge in [0.25, 0.3) is 0 Å². The molecule has 2 aromatic carbocycles. The predicted octanol–water partition coefficient (Wildman–Crippen LogP) is 4.88. The lowest BCUT2D eigenvalue weighted by Crippen LogP contribution is -2.49. The van der Waals surface area contributed by atoms with Gasteiger partial charge in [0.15, 0.2) is 0 Å². The van der Waals surface area contributed by atoms with Gasteiger partial charge in [-0.1, -0.05) is 49.2 Å². The third-order valence-electron chi connectivity index (χ3n) is 5.78. The average Bonchev–Trinajstić information content (AvgIpc) is 2.86. The summed E-state index contributed by atoms with van der Waals surface area (Å²) in [6, 6.07) is 11.2. The number of hydrogen-bond acceptors (Lipinski definition) is 5. The number of carbonyl (C=O) groups excluding carboxylic acids is 2. The maximum Gasteiger partial charge on any atom is 0.242 e. The van der Waals surface area contributed by atoms with E-state index in [0.29, 0.717) is 23.7 Å². The summed E-state index contributed by atoms with van der Waals surface area (Å²) in [6.45, 7) is 4.60. The minimum absolute atomic E-state index is 0.0276. The lowest BCUT2D eigenvalue weighted by Gasteiger charge is -2.31. The second-order valence-corrected chi connectivity index (χ2v) is 11.4. The molecule has 0 aliphatic heterocycles. The van der Waals surface area contributed by atoms with E-state index in [4.69, 9.17) is 27.9 Å². The van der Waals surface area contributed by atoms with Crippen molar-refractivity contribution in [3.05, 3.63) is 58.1 Å². The van der Waals surface area contributed by atoms with Gasteiger partial charge in [0, 0.05) is 31.1 Å². The maximum absolute atomic E-state index is 13.4. The smallest absolute Gasteiger partial charge is 0.242 e. The van der Waals surface area contributed by atoms with Gasteiger partial charge in [-0.2, -0.15) is 0 Å². The highest BCUT2D eigenvalue weighted by Gasteiger charge is 2.29. The number of benzene rings is 2. The molecule has 0 aromatic heterocycles. The van der Waals surface area contributed by atoms with Gasteiger partial charge in [-0.15, -0.1) is 0 Å². The molecule has 0 aliphatic rings. The summed E-state index contributed by atoms with van der Waals surface area (Å²) < 4.78 is 31.4. The largest absolute Gasteiger partial charge is 0.497 e. The molecule has 1 unspecified atom stereocenters. The van der Waals surface area contributed by atoms with Crippen molar-refractivity contribution in [2.75, 3.05) is 30.8 Å². The van der Waals surface area contributed by atoms with E-state index in [1.54, 1.807) is 30.2 Å². The van der Waals surface area contributed by atoms with Gasteiger partial charge >= 0.3 is 0 Å². The van der Waals surface area contributed by atoms with Crippen LogP contribution >= 0.6 is 23.2 Å². The normalized spacial score (nSPS) is 12.1. The molecular weight excluding hydrogens is 537 g/mol. The molecule has 0 saturated carbocycles. The fourth-order valence-corrected chi connectivity index (χ4v) is 5.28. The van der Waals surface area contributed by atoms with Crippen molar-refractivity contribution < 1.29 is 22.7 Å². The van der Waals surface area contributed by atoms with E-state index >= 15 is 0 Å². The quantitative estimate of drug-likeness (QED) is 0.348. The number of carbonyl (C=O) groups is 2. The first-order valence-corrected chi connectivity index (χ1v) is 14.7. The molecule has 1 N–H and O–H groups in total. The monoisotopic (exact) mass is 571 g/mol. The molecule has 2 amide bonds. The number of halogens is 2. The Kier molecular flexibility index (Phi) is 12.0. The molecule has 8 nitrogen and oxygen atoms in total. The van der Waals surface area contributed by atoms with E-state index in [9.17, 15) is 18.0 Å². The molecule has 11 heteroatoms. The van der Waals surface area contributed by atoms with Crippen molar-refractivity contribution in [2.45, 2.75) is 52.1 Å². The van der Waals surface area contributed by atoms with Crippen molar-refractivity contribution in [2.24, 2.45) is 0 Å². The Morgan fingerprint density at radius 1 is 1.08 bits per heavy atom. The third-order valence-corrected chi connectivity index (χ3v) is 7.51. The van der Waals surface area contributed by atoms with Crippen LogP contribution in [0.3, 0.4) is 0 Å². The number of hydrogen-bond donors (Lipinski definition) is 1. The van der Waals surface area contributed by atoms with Gasteiger partial charge in [0.1, 0.15) is 11.8 Å². The first-order chi connectivity index (χ1) is 17.5. The van der Waals surface area contributed by atoms with E-state index in [-0.39, 0.29) is 48.5 Å². The van der Waals surface area contributed by atoms with Crippen LogP contribution in [0.4, 0.5) is 5.69 Å². The van der Waals surface area contributed by atoms with Crippen LogP contribution in [0.1, 0.15) is 45.1 Å². The molecule has 0 aliphatic carbocycles. The van der Waals surface area contributed by atoms with E-state index in [1.807, 2.05) is 26.0 Å². The average molecular weight is 573 g/mol. The zero-order valence-corrected chi connectivity index (χ0v) is 24.0. The number of sulfonamides is 1.